The first-order valence-corrected chi connectivity index (χ1v) is 8.98. The highest BCUT2D eigenvalue weighted by Gasteiger charge is 2.17. The summed E-state index contributed by atoms with van der Waals surface area (Å²) in [6.07, 6.45) is 1.84. The van der Waals surface area contributed by atoms with Crippen LogP contribution in [0, 0.1) is 0 Å². The molecule has 0 radical (unpaired) electrons. The molecule has 3 N–H and O–H groups in total. The number of hydrogen-bond acceptors (Lipinski definition) is 5. The van der Waals surface area contributed by atoms with E-state index in [0.29, 0.717) is 16.8 Å². The third-order valence-electron chi connectivity index (χ3n) is 4.86. The Balaban J connectivity index is 0.00000225. The van der Waals surface area contributed by atoms with Crippen molar-refractivity contribution in [3.8, 4) is 17.1 Å². The maximum Gasteiger partial charge on any atom is 0.251 e. The summed E-state index contributed by atoms with van der Waals surface area (Å²) in [4.78, 5) is 21.8. The SMILES string of the molecule is CNC(=O)c1ccc2[nH]c(O)c(-c3ccc(CN4CCOCC4)cn3)c2c1.Cl. The number of pyridine rings is 1. The Morgan fingerprint density at radius 2 is 2.07 bits per heavy atom. The molecule has 1 aromatic carbocycles. The standard InChI is InChI=1S/C20H22N4O3.ClH/c1-21-19(25)14-3-5-16-15(10-14)18(20(26)23-16)17-4-2-13(11-22-17)12-24-6-8-27-9-7-24;/h2-5,10-11,23,26H,6-9,12H2,1H3,(H,21,25);1H. The first kappa shape index (κ1) is 20.1. The zero-order chi connectivity index (χ0) is 18.8. The molecule has 0 unspecified atom stereocenters. The average Bonchev–Trinajstić information content (AvgIpc) is 3.03. The van der Waals surface area contributed by atoms with Crippen molar-refractivity contribution in [3.63, 3.8) is 0 Å². The quantitative estimate of drug-likeness (QED) is 0.624. The van der Waals surface area contributed by atoms with Crippen molar-refractivity contribution < 1.29 is 14.6 Å². The van der Waals surface area contributed by atoms with E-state index in [9.17, 15) is 9.90 Å². The fraction of sp³-hybridized carbons (Fsp3) is 0.300. The van der Waals surface area contributed by atoms with Gasteiger partial charge in [-0.25, -0.2) is 0 Å². The first-order valence-electron chi connectivity index (χ1n) is 8.98. The number of amides is 1. The number of aromatic amines is 1. The Hall–Kier alpha value is -2.61. The summed E-state index contributed by atoms with van der Waals surface area (Å²) in [7, 11) is 1.59. The van der Waals surface area contributed by atoms with E-state index in [1.165, 1.54) is 0 Å². The zero-order valence-electron chi connectivity index (χ0n) is 15.6. The summed E-state index contributed by atoms with van der Waals surface area (Å²) in [5, 5.41) is 13.8. The lowest BCUT2D eigenvalue weighted by Crippen LogP contribution is -2.35. The minimum absolute atomic E-state index is 0. The van der Waals surface area contributed by atoms with Crippen LogP contribution >= 0.6 is 12.4 Å². The van der Waals surface area contributed by atoms with Crippen molar-refractivity contribution in [1.82, 2.24) is 20.2 Å². The minimum Gasteiger partial charge on any atom is -0.494 e. The molecule has 148 valence electrons. The molecule has 0 saturated carbocycles. The van der Waals surface area contributed by atoms with Crippen LogP contribution in [0.5, 0.6) is 5.88 Å². The zero-order valence-corrected chi connectivity index (χ0v) is 16.4. The van der Waals surface area contributed by atoms with E-state index >= 15 is 0 Å². The number of aromatic hydroxyl groups is 1. The molecule has 1 aliphatic heterocycles. The van der Waals surface area contributed by atoms with Crippen LogP contribution in [0.1, 0.15) is 15.9 Å². The van der Waals surface area contributed by atoms with Crippen molar-refractivity contribution in [2.75, 3.05) is 33.4 Å². The van der Waals surface area contributed by atoms with E-state index in [0.717, 1.165) is 49.3 Å². The molecule has 2 aromatic heterocycles. The van der Waals surface area contributed by atoms with E-state index in [-0.39, 0.29) is 24.2 Å². The monoisotopic (exact) mass is 402 g/mol. The molecule has 7 nitrogen and oxygen atoms in total. The summed E-state index contributed by atoms with van der Waals surface area (Å²) in [6.45, 7) is 4.21. The van der Waals surface area contributed by atoms with Gasteiger partial charge in [-0.2, -0.15) is 0 Å². The van der Waals surface area contributed by atoms with Crippen LogP contribution in [0.2, 0.25) is 0 Å². The molecular formula is C20H23ClN4O3. The molecule has 4 rings (SSSR count). The Kier molecular flexibility index (Phi) is 6.18. The van der Waals surface area contributed by atoms with Crippen LogP contribution in [-0.2, 0) is 11.3 Å². The number of benzene rings is 1. The van der Waals surface area contributed by atoms with Gasteiger partial charge in [-0.05, 0) is 29.8 Å². The van der Waals surface area contributed by atoms with Gasteiger partial charge in [0.05, 0.1) is 24.5 Å². The molecule has 28 heavy (non-hydrogen) atoms. The smallest absolute Gasteiger partial charge is 0.251 e. The fourth-order valence-electron chi connectivity index (χ4n) is 3.41. The van der Waals surface area contributed by atoms with E-state index in [1.54, 1.807) is 25.2 Å². The van der Waals surface area contributed by atoms with Crippen molar-refractivity contribution in [1.29, 1.82) is 0 Å². The molecule has 1 saturated heterocycles. The number of aromatic nitrogens is 2. The number of carbonyl (C=O) groups is 1. The second-order valence-corrected chi connectivity index (χ2v) is 6.63. The maximum atomic E-state index is 11.9. The lowest BCUT2D eigenvalue weighted by molar-refractivity contribution is 0.0341. The highest BCUT2D eigenvalue weighted by Crippen LogP contribution is 2.36. The number of H-pyrrole nitrogens is 1. The molecule has 1 aliphatic rings. The number of hydrogen-bond donors (Lipinski definition) is 3. The number of carbonyl (C=O) groups excluding carboxylic acids is 1. The second-order valence-electron chi connectivity index (χ2n) is 6.63. The summed E-state index contributed by atoms with van der Waals surface area (Å²) >= 11 is 0. The molecule has 1 fully saturated rings. The van der Waals surface area contributed by atoms with Crippen LogP contribution in [0.3, 0.4) is 0 Å². The molecule has 0 spiro atoms. The lowest BCUT2D eigenvalue weighted by Gasteiger charge is -2.26. The lowest BCUT2D eigenvalue weighted by atomic mass is 10.1. The molecular weight excluding hydrogens is 380 g/mol. The normalized spacial score (nSPS) is 14.6. The summed E-state index contributed by atoms with van der Waals surface area (Å²) in [5.74, 6) is -0.121. The third-order valence-corrected chi connectivity index (χ3v) is 4.86. The largest absolute Gasteiger partial charge is 0.494 e. The molecule has 8 heteroatoms. The van der Waals surface area contributed by atoms with Crippen LogP contribution in [0.25, 0.3) is 22.2 Å². The van der Waals surface area contributed by atoms with Crippen molar-refractivity contribution in [2.24, 2.45) is 0 Å². The molecule has 0 aliphatic carbocycles. The predicted octanol–water partition coefficient (Wildman–Crippen LogP) is 2.55. The van der Waals surface area contributed by atoms with Crippen molar-refractivity contribution in [3.05, 3.63) is 47.7 Å². The first-order chi connectivity index (χ1) is 13.2. The van der Waals surface area contributed by atoms with Crippen LogP contribution in [-0.4, -0.2) is 59.2 Å². The highest BCUT2D eigenvalue weighted by atomic mass is 35.5. The van der Waals surface area contributed by atoms with Gasteiger partial charge in [-0.1, -0.05) is 6.07 Å². The Morgan fingerprint density at radius 3 is 2.75 bits per heavy atom. The van der Waals surface area contributed by atoms with Gasteiger partial charge in [0.15, 0.2) is 5.88 Å². The number of nitrogens with one attached hydrogen (secondary N) is 2. The van der Waals surface area contributed by atoms with Crippen molar-refractivity contribution >= 4 is 29.2 Å². The molecule has 0 atom stereocenters. The third kappa shape index (κ3) is 3.96. The number of fused-ring (bicyclic) bond motifs is 1. The van der Waals surface area contributed by atoms with E-state index in [1.807, 2.05) is 18.3 Å². The topological polar surface area (TPSA) is 90.5 Å². The number of halogens is 1. The molecule has 0 bridgehead atoms. The van der Waals surface area contributed by atoms with Gasteiger partial charge in [0, 0.05) is 49.3 Å². The molecule has 3 heterocycles. The van der Waals surface area contributed by atoms with Gasteiger partial charge in [0.1, 0.15) is 0 Å². The summed E-state index contributed by atoms with van der Waals surface area (Å²) in [5.41, 5.74) is 3.68. The second kappa shape index (κ2) is 8.60. The predicted molar refractivity (Wildman–Crippen MR) is 110 cm³/mol. The molecule has 1 amide bonds. The van der Waals surface area contributed by atoms with E-state index in [2.05, 4.69) is 20.2 Å². The van der Waals surface area contributed by atoms with Gasteiger partial charge in [-0.3, -0.25) is 14.7 Å². The van der Waals surface area contributed by atoms with E-state index in [4.69, 9.17) is 4.74 Å². The average molecular weight is 403 g/mol. The number of nitrogens with zero attached hydrogens (tertiary/aromatic N) is 2. The summed E-state index contributed by atoms with van der Waals surface area (Å²) in [6, 6.07) is 9.21. The fourth-order valence-corrected chi connectivity index (χ4v) is 3.41. The van der Waals surface area contributed by atoms with E-state index < -0.39 is 0 Å². The number of morpholine rings is 1. The highest BCUT2D eigenvalue weighted by molar-refractivity contribution is 6.03. The van der Waals surface area contributed by atoms with Gasteiger partial charge in [-0.15, -0.1) is 12.4 Å². The van der Waals surface area contributed by atoms with Gasteiger partial charge < -0.3 is 20.1 Å². The molecule has 3 aromatic rings. The number of ether oxygens (including phenoxy) is 1. The Labute approximate surface area is 169 Å². The Morgan fingerprint density at radius 1 is 1.29 bits per heavy atom. The van der Waals surface area contributed by atoms with Crippen LogP contribution < -0.4 is 5.32 Å². The van der Waals surface area contributed by atoms with Crippen LogP contribution in [0.4, 0.5) is 0 Å². The number of rotatable bonds is 4. The van der Waals surface area contributed by atoms with Gasteiger partial charge in [0.25, 0.3) is 5.91 Å². The van der Waals surface area contributed by atoms with Gasteiger partial charge >= 0.3 is 0 Å². The van der Waals surface area contributed by atoms with Gasteiger partial charge in [0.2, 0.25) is 0 Å². The van der Waals surface area contributed by atoms with Crippen LogP contribution in [0.15, 0.2) is 36.5 Å². The minimum atomic E-state index is -0.169. The Bertz CT molecular complexity index is 965. The maximum absolute atomic E-state index is 11.9. The van der Waals surface area contributed by atoms with Crippen molar-refractivity contribution in [2.45, 2.75) is 6.54 Å². The summed E-state index contributed by atoms with van der Waals surface area (Å²) < 4.78 is 5.38.